The first kappa shape index (κ1) is 20.0. The highest BCUT2D eigenvalue weighted by atomic mass is 32.1. The van der Waals surface area contributed by atoms with Gasteiger partial charge in [-0.1, -0.05) is 6.07 Å². The molecule has 0 aliphatic rings. The molecular weight excluding hydrogens is 380 g/mol. The van der Waals surface area contributed by atoms with Gasteiger partial charge in [0.05, 0.1) is 31.4 Å². The van der Waals surface area contributed by atoms with Gasteiger partial charge < -0.3 is 12.6 Å². The van der Waals surface area contributed by atoms with Gasteiger partial charge in [0.25, 0.3) is 0 Å². The number of pyridine rings is 1. The zero-order chi connectivity index (χ0) is 19.7. The summed E-state index contributed by atoms with van der Waals surface area (Å²) < 4.78 is 78.9. The lowest BCUT2D eigenvalue weighted by molar-refractivity contribution is -0.536. The standard InChI is InChI=1S/C16H13F6N3S/c1-24(2)13-5-3-4-6-25(13)14(26)23-12-8-10(15(17,18)19)7-11(9-12)16(20,21)22/h3-9H,1-2H3. The topological polar surface area (TPSA) is 19.5 Å². The van der Waals surface area contributed by atoms with Crippen LogP contribution in [0.1, 0.15) is 11.1 Å². The fourth-order valence-electron chi connectivity index (χ4n) is 2.13. The molecule has 0 bridgehead atoms. The number of halogens is 6. The predicted molar refractivity (Wildman–Crippen MR) is 87.3 cm³/mol. The molecule has 0 saturated carbocycles. The fraction of sp³-hybridized carbons (Fsp3) is 0.250. The van der Waals surface area contributed by atoms with Crippen molar-refractivity contribution in [2.24, 2.45) is 4.99 Å². The van der Waals surface area contributed by atoms with Crippen LogP contribution in [-0.2, 0) is 25.0 Å². The number of hydrogen-bond acceptors (Lipinski definition) is 3. The zero-order valence-electron chi connectivity index (χ0n) is 13.6. The second-order valence-corrected chi connectivity index (χ2v) is 5.85. The van der Waals surface area contributed by atoms with Gasteiger partial charge in [-0.3, -0.25) is 4.90 Å². The monoisotopic (exact) mass is 393 g/mol. The molecule has 0 radical (unpaired) electrons. The summed E-state index contributed by atoms with van der Waals surface area (Å²) in [5.41, 5.74) is -3.42. The van der Waals surface area contributed by atoms with Crippen molar-refractivity contribution in [3.8, 4) is 0 Å². The molecule has 1 aromatic carbocycles. The predicted octanol–water partition coefficient (Wildman–Crippen LogP) is 4.16. The van der Waals surface area contributed by atoms with Gasteiger partial charge in [-0.25, -0.2) is 4.57 Å². The number of aromatic nitrogens is 1. The third-order valence-electron chi connectivity index (χ3n) is 3.30. The Balaban J connectivity index is 2.60. The Bertz CT molecular complexity index is 795. The molecule has 0 N–H and O–H groups in total. The maximum absolute atomic E-state index is 12.9. The molecule has 0 saturated heterocycles. The van der Waals surface area contributed by atoms with Gasteiger partial charge in [0, 0.05) is 6.07 Å². The molecule has 0 fully saturated rings. The molecule has 10 heteroatoms. The number of nitrogens with zero attached hydrogens (tertiary/aromatic N) is 3. The number of rotatable bonds is 2. The third-order valence-corrected chi connectivity index (χ3v) is 3.59. The van der Waals surface area contributed by atoms with Crippen LogP contribution in [0.3, 0.4) is 0 Å². The Labute approximate surface area is 151 Å². The smallest absolute Gasteiger partial charge is 0.416 e. The van der Waals surface area contributed by atoms with Crippen LogP contribution in [0.15, 0.2) is 47.6 Å². The van der Waals surface area contributed by atoms with Crippen molar-refractivity contribution in [2.75, 3.05) is 19.0 Å². The van der Waals surface area contributed by atoms with Gasteiger partial charge in [0.1, 0.15) is 10.9 Å². The first-order valence-electron chi connectivity index (χ1n) is 7.13. The summed E-state index contributed by atoms with van der Waals surface area (Å²) in [6.07, 6.45) is -8.37. The van der Waals surface area contributed by atoms with E-state index in [9.17, 15) is 26.3 Å². The largest absolute Gasteiger partial charge is 0.706 e. The Hall–Kier alpha value is -2.36. The maximum atomic E-state index is 12.9. The van der Waals surface area contributed by atoms with Crippen molar-refractivity contribution in [1.82, 2.24) is 0 Å². The highest BCUT2D eigenvalue weighted by Crippen LogP contribution is 2.38. The average molecular weight is 393 g/mol. The zero-order valence-corrected chi connectivity index (χ0v) is 14.4. The summed E-state index contributed by atoms with van der Waals surface area (Å²) in [4.78, 5) is 5.46. The van der Waals surface area contributed by atoms with Crippen LogP contribution in [0.25, 0.3) is 0 Å². The van der Waals surface area contributed by atoms with Crippen LogP contribution in [0.4, 0.5) is 37.8 Å². The van der Waals surface area contributed by atoms with Crippen molar-refractivity contribution in [3.63, 3.8) is 0 Å². The van der Waals surface area contributed by atoms with Gasteiger partial charge in [-0.15, -0.1) is 4.99 Å². The van der Waals surface area contributed by atoms with Crippen LogP contribution in [0.5, 0.6) is 0 Å². The first-order chi connectivity index (χ1) is 11.9. The van der Waals surface area contributed by atoms with Crippen molar-refractivity contribution in [1.29, 1.82) is 0 Å². The van der Waals surface area contributed by atoms with Crippen LogP contribution in [0, 0.1) is 0 Å². The summed E-state index contributed by atoms with van der Waals surface area (Å²) in [7, 11) is 3.42. The van der Waals surface area contributed by atoms with E-state index < -0.39 is 29.2 Å². The molecule has 0 aliphatic carbocycles. The first-order valence-corrected chi connectivity index (χ1v) is 7.54. The van der Waals surface area contributed by atoms with Gasteiger partial charge in [-0.05, 0) is 24.3 Å². The van der Waals surface area contributed by atoms with Crippen molar-refractivity contribution in [2.45, 2.75) is 12.4 Å². The Kier molecular flexibility index (Phi) is 5.45. The quantitative estimate of drug-likeness (QED) is 0.251. The summed E-state index contributed by atoms with van der Waals surface area (Å²) >= 11 is 5.09. The third kappa shape index (κ3) is 4.63. The Morgan fingerprint density at radius 2 is 1.50 bits per heavy atom. The van der Waals surface area contributed by atoms with E-state index in [0.717, 1.165) is 0 Å². The lowest BCUT2D eigenvalue weighted by Crippen LogP contribution is -2.45. The molecule has 2 aromatic rings. The summed E-state index contributed by atoms with van der Waals surface area (Å²) in [6, 6.07) is 6.10. The van der Waals surface area contributed by atoms with E-state index >= 15 is 0 Å². The maximum Gasteiger partial charge on any atom is 0.416 e. The van der Waals surface area contributed by atoms with Crippen LogP contribution in [-0.4, -0.2) is 19.3 Å². The van der Waals surface area contributed by atoms with Crippen LogP contribution in [0.2, 0.25) is 0 Å². The number of anilines is 1. The summed E-state index contributed by atoms with van der Waals surface area (Å²) in [5.74, 6) is 0.560. The number of hydrogen-bond donors (Lipinski definition) is 0. The molecule has 0 aliphatic heterocycles. The summed E-state index contributed by atoms with van der Waals surface area (Å²) in [6.45, 7) is 0. The van der Waals surface area contributed by atoms with E-state index in [2.05, 4.69) is 4.99 Å². The molecule has 0 spiro atoms. The molecule has 1 aromatic heterocycles. The minimum Gasteiger partial charge on any atom is -0.706 e. The lowest BCUT2D eigenvalue weighted by Gasteiger charge is -2.16. The number of aliphatic imine (C=N–C) groups is 1. The van der Waals surface area contributed by atoms with Crippen molar-refractivity contribution >= 4 is 29.3 Å². The van der Waals surface area contributed by atoms with Gasteiger partial charge >= 0.3 is 12.4 Å². The molecule has 0 unspecified atom stereocenters. The molecule has 1 heterocycles. The van der Waals surface area contributed by atoms with E-state index in [0.29, 0.717) is 18.0 Å². The van der Waals surface area contributed by atoms with Crippen molar-refractivity contribution in [3.05, 3.63) is 53.7 Å². The highest BCUT2D eigenvalue weighted by Gasteiger charge is 2.37. The molecule has 0 amide bonds. The van der Waals surface area contributed by atoms with Gasteiger partial charge in [0.2, 0.25) is 5.82 Å². The van der Waals surface area contributed by atoms with E-state index in [1.165, 1.54) is 10.8 Å². The molecular formula is C16H13F6N3S. The molecule has 3 nitrogen and oxygen atoms in total. The number of alkyl halides is 6. The van der Waals surface area contributed by atoms with Gasteiger partial charge in [0.15, 0.2) is 0 Å². The molecule has 0 atom stereocenters. The summed E-state index contributed by atoms with van der Waals surface area (Å²) in [5, 5.41) is -0.193. The van der Waals surface area contributed by atoms with E-state index in [1.807, 2.05) is 0 Å². The van der Waals surface area contributed by atoms with E-state index in [1.54, 1.807) is 37.2 Å². The SMILES string of the molecule is CN(C)c1cccc[n+]1C([S-])=Nc1cc(C(F)(F)F)cc(C(F)(F)F)c1. The molecule has 2 rings (SSSR count). The normalized spacial score (nSPS) is 13.0. The minimum absolute atomic E-state index is 0.0446. The second kappa shape index (κ2) is 7.10. The van der Waals surface area contributed by atoms with Crippen LogP contribution < -0.4 is 9.47 Å². The fourth-order valence-corrected chi connectivity index (χ4v) is 2.39. The minimum atomic E-state index is -4.94. The average Bonchev–Trinajstić information content (AvgIpc) is 2.52. The van der Waals surface area contributed by atoms with Crippen molar-refractivity contribution < 1.29 is 30.9 Å². The van der Waals surface area contributed by atoms with E-state index in [4.69, 9.17) is 12.6 Å². The van der Waals surface area contributed by atoms with Crippen LogP contribution >= 0.6 is 0 Å². The molecule has 140 valence electrons. The van der Waals surface area contributed by atoms with Gasteiger partial charge in [-0.2, -0.15) is 26.3 Å². The lowest BCUT2D eigenvalue weighted by atomic mass is 10.1. The Morgan fingerprint density at radius 1 is 0.962 bits per heavy atom. The molecule has 26 heavy (non-hydrogen) atoms. The number of benzene rings is 1. The van der Waals surface area contributed by atoms with E-state index in [-0.39, 0.29) is 11.2 Å². The second-order valence-electron chi connectivity index (χ2n) is 5.48. The Morgan fingerprint density at radius 3 is 1.96 bits per heavy atom. The highest BCUT2D eigenvalue weighted by molar-refractivity contribution is 7.76.